The van der Waals surface area contributed by atoms with Gasteiger partial charge >= 0.3 is 0 Å². The van der Waals surface area contributed by atoms with Crippen LogP contribution in [0.3, 0.4) is 0 Å². The van der Waals surface area contributed by atoms with Crippen molar-refractivity contribution in [2.75, 3.05) is 11.5 Å². The first-order valence-electron chi connectivity index (χ1n) is 6.19. The summed E-state index contributed by atoms with van der Waals surface area (Å²) in [5, 5.41) is 13.8. The molecule has 1 aliphatic heterocycles. The summed E-state index contributed by atoms with van der Waals surface area (Å²) in [6.07, 6.45) is -0.371. The van der Waals surface area contributed by atoms with E-state index in [1.54, 1.807) is 23.5 Å². The molecule has 1 aromatic heterocycles. The fourth-order valence-corrected chi connectivity index (χ4v) is 4.60. The second-order valence-corrected chi connectivity index (χ2v) is 7.43. The number of hydrogen-bond donors (Lipinski definition) is 1. The van der Waals surface area contributed by atoms with Gasteiger partial charge in [-0.25, -0.2) is 0 Å². The summed E-state index contributed by atoms with van der Waals surface area (Å²) < 4.78 is 6.34. The largest absolute Gasteiger partial charge is 0.391 e. The van der Waals surface area contributed by atoms with E-state index in [0.717, 1.165) is 20.9 Å². The lowest BCUT2D eigenvalue weighted by molar-refractivity contribution is 0.164. The standard InChI is InChI=1S/C13H13BrN2O2S2/c14-9-3-1-2-4-11(9)20-7-12-15-13(18-16-12)8-5-19-6-10(8)17/h1-4,8,10,17H,5-7H2. The van der Waals surface area contributed by atoms with Crippen LogP contribution in [0.5, 0.6) is 0 Å². The van der Waals surface area contributed by atoms with E-state index in [2.05, 4.69) is 26.1 Å². The van der Waals surface area contributed by atoms with Crippen LogP contribution in [0, 0.1) is 0 Å². The number of aromatic nitrogens is 2. The summed E-state index contributed by atoms with van der Waals surface area (Å²) in [7, 11) is 0. The van der Waals surface area contributed by atoms with Crippen molar-refractivity contribution < 1.29 is 9.63 Å². The molecule has 0 radical (unpaired) electrons. The second-order valence-electron chi connectivity index (χ2n) is 4.48. The molecular weight excluding hydrogens is 360 g/mol. The van der Waals surface area contributed by atoms with Crippen LogP contribution in [0.1, 0.15) is 17.6 Å². The van der Waals surface area contributed by atoms with Gasteiger partial charge in [-0.1, -0.05) is 17.3 Å². The quantitative estimate of drug-likeness (QED) is 0.830. The van der Waals surface area contributed by atoms with Crippen LogP contribution in [-0.2, 0) is 5.75 Å². The maximum absolute atomic E-state index is 9.84. The molecule has 1 saturated heterocycles. The van der Waals surface area contributed by atoms with Crippen molar-refractivity contribution >= 4 is 39.5 Å². The van der Waals surface area contributed by atoms with E-state index in [1.807, 2.05) is 24.3 Å². The first-order valence-corrected chi connectivity index (χ1v) is 9.13. The summed E-state index contributed by atoms with van der Waals surface area (Å²) in [6.45, 7) is 0. The zero-order chi connectivity index (χ0) is 13.9. The topological polar surface area (TPSA) is 59.2 Å². The number of aliphatic hydroxyl groups is 1. The van der Waals surface area contributed by atoms with Gasteiger partial charge in [0, 0.05) is 20.9 Å². The van der Waals surface area contributed by atoms with Crippen molar-refractivity contribution in [2.45, 2.75) is 22.7 Å². The molecule has 2 aromatic rings. The number of aliphatic hydroxyl groups excluding tert-OH is 1. The van der Waals surface area contributed by atoms with Crippen molar-refractivity contribution in [3.8, 4) is 0 Å². The Balaban J connectivity index is 1.64. The van der Waals surface area contributed by atoms with Gasteiger partial charge in [-0.15, -0.1) is 11.8 Å². The molecular formula is C13H13BrN2O2S2. The van der Waals surface area contributed by atoms with Gasteiger partial charge in [0.25, 0.3) is 0 Å². The summed E-state index contributed by atoms with van der Waals surface area (Å²) in [4.78, 5) is 5.55. The highest BCUT2D eigenvalue weighted by molar-refractivity contribution is 9.10. The number of rotatable bonds is 4. The molecule has 1 N–H and O–H groups in total. The van der Waals surface area contributed by atoms with Crippen LogP contribution in [0.4, 0.5) is 0 Å². The molecule has 0 saturated carbocycles. The molecule has 2 atom stereocenters. The van der Waals surface area contributed by atoms with Gasteiger partial charge < -0.3 is 9.63 Å². The smallest absolute Gasteiger partial charge is 0.233 e. The second kappa shape index (κ2) is 6.51. The lowest BCUT2D eigenvalue weighted by atomic mass is 10.1. The van der Waals surface area contributed by atoms with Crippen LogP contribution in [-0.4, -0.2) is 32.9 Å². The third kappa shape index (κ3) is 3.21. The highest BCUT2D eigenvalue weighted by atomic mass is 79.9. The van der Waals surface area contributed by atoms with E-state index < -0.39 is 0 Å². The van der Waals surface area contributed by atoms with Gasteiger partial charge in [-0.05, 0) is 28.1 Å². The molecule has 0 aliphatic carbocycles. The van der Waals surface area contributed by atoms with E-state index in [4.69, 9.17) is 4.52 Å². The van der Waals surface area contributed by atoms with Crippen molar-refractivity contribution in [1.82, 2.24) is 10.1 Å². The maximum atomic E-state index is 9.84. The minimum absolute atomic E-state index is 0.0188. The third-order valence-electron chi connectivity index (χ3n) is 3.04. The van der Waals surface area contributed by atoms with Crippen molar-refractivity contribution in [2.24, 2.45) is 0 Å². The third-order valence-corrected chi connectivity index (χ3v) is 6.24. The molecule has 106 valence electrons. The molecule has 0 bridgehead atoms. The van der Waals surface area contributed by atoms with Crippen LogP contribution in [0.2, 0.25) is 0 Å². The minimum atomic E-state index is -0.371. The first kappa shape index (κ1) is 14.4. The molecule has 7 heteroatoms. The van der Waals surface area contributed by atoms with Gasteiger partial charge in [0.1, 0.15) is 0 Å². The lowest BCUT2D eigenvalue weighted by Crippen LogP contribution is -2.15. The van der Waals surface area contributed by atoms with E-state index >= 15 is 0 Å². The van der Waals surface area contributed by atoms with Gasteiger partial charge in [0.15, 0.2) is 5.82 Å². The Morgan fingerprint density at radius 1 is 1.40 bits per heavy atom. The Hall–Kier alpha value is -0.500. The Morgan fingerprint density at radius 2 is 2.25 bits per heavy atom. The van der Waals surface area contributed by atoms with Crippen molar-refractivity contribution in [1.29, 1.82) is 0 Å². The van der Waals surface area contributed by atoms with E-state index in [9.17, 15) is 5.11 Å². The zero-order valence-electron chi connectivity index (χ0n) is 10.5. The average molecular weight is 373 g/mol. The zero-order valence-corrected chi connectivity index (χ0v) is 13.7. The fourth-order valence-electron chi connectivity index (χ4n) is 1.96. The molecule has 3 rings (SSSR count). The van der Waals surface area contributed by atoms with Crippen molar-refractivity contribution in [3.63, 3.8) is 0 Å². The number of halogens is 1. The molecule has 1 aliphatic rings. The van der Waals surface area contributed by atoms with E-state index in [-0.39, 0.29) is 12.0 Å². The predicted octanol–water partition coefficient (Wildman–Crippen LogP) is 3.32. The summed E-state index contributed by atoms with van der Waals surface area (Å²) in [6, 6.07) is 8.05. The Labute approximate surface area is 133 Å². The van der Waals surface area contributed by atoms with Gasteiger partial charge in [0.2, 0.25) is 5.89 Å². The number of thioether (sulfide) groups is 2. The average Bonchev–Trinajstić information content (AvgIpc) is 3.06. The molecule has 2 unspecified atom stereocenters. The molecule has 0 amide bonds. The highest BCUT2D eigenvalue weighted by Crippen LogP contribution is 2.33. The molecule has 1 aromatic carbocycles. The molecule has 20 heavy (non-hydrogen) atoms. The van der Waals surface area contributed by atoms with Crippen molar-refractivity contribution in [3.05, 3.63) is 40.5 Å². The predicted molar refractivity (Wildman–Crippen MR) is 84.1 cm³/mol. The minimum Gasteiger partial charge on any atom is -0.391 e. The first-order chi connectivity index (χ1) is 9.74. The van der Waals surface area contributed by atoms with Gasteiger partial charge in [-0.3, -0.25) is 0 Å². The number of nitrogens with zero attached hydrogens (tertiary/aromatic N) is 2. The SMILES string of the molecule is OC1CSCC1c1nc(CSc2ccccc2Br)no1. The summed E-state index contributed by atoms with van der Waals surface area (Å²) >= 11 is 6.89. The molecule has 1 fully saturated rings. The highest BCUT2D eigenvalue weighted by Gasteiger charge is 2.31. The summed E-state index contributed by atoms with van der Waals surface area (Å²) in [5.74, 6) is 3.46. The van der Waals surface area contributed by atoms with Gasteiger partial charge in [0.05, 0.1) is 17.8 Å². The number of benzene rings is 1. The normalized spacial score (nSPS) is 22.3. The fraction of sp³-hybridized carbons (Fsp3) is 0.385. The Kier molecular flexibility index (Phi) is 4.70. The van der Waals surface area contributed by atoms with E-state index in [1.165, 1.54) is 0 Å². The monoisotopic (exact) mass is 372 g/mol. The van der Waals surface area contributed by atoms with Crippen LogP contribution in [0.15, 0.2) is 38.2 Å². The van der Waals surface area contributed by atoms with E-state index in [0.29, 0.717) is 17.5 Å². The number of hydrogen-bond acceptors (Lipinski definition) is 6. The van der Waals surface area contributed by atoms with Crippen LogP contribution in [0.25, 0.3) is 0 Å². The molecule has 0 spiro atoms. The Bertz CT molecular complexity index is 593. The molecule has 4 nitrogen and oxygen atoms in total. The van der Waals surface area contributed by atoms with Gasteiger partial charge in [-0.2, -0.15) is 16.7 Å². The summed E-state index contributed by atoms with van der Waals surface area (Å²) in [5.41, 5.74) is 0. The Morgan fingerprint density at radius 3 is 3.00 bits per heavy atom. The maximum Gasteiger partial charge on any atom is 0.233 e. The van der Waals surface area contributed by atoms with Crippen LogP contribution >= 0.6 is 39.5 Å². The lowest BCUT2D eigenvalue weighted by Gasteiger charge is -2.06. The molecule has 2 heterocycles. The van der Waals surface area contributed by atoms with Crippen LogP contribution < -0.4 is 0 Å².